The van der Waals surface area contributed by atoms with Crippen LogP contribution in [0, 0.1) is 18.8 Å². The van der Waals surface area contributed by atoms with E-state index in [2.05, 4.69) is 11.2 Å². The lowest BCUT2D eigenvalue weighted by Gasteiger charge is -2.27. The van der Waals surface area contributed by atoms with E-state index in [0.717, 1.165) is 11.1 Å². The Bertz CT molecular complexity index is 986. The Balaban J connectivity index is 1.37. The number of aromatic nitrogens is 1. The van der Waals surface area contributed by atoms with Crippen LogP contribution < -0.4 is 0 Å². The number of fused-ring (bicyclic) bond motifs is 1. The molecule has 4 atom stereocenters. The van der Waals surface area contributed by atoms with Crippen molar-refractivity contribution >= 4 is 11.8 Å². The Morgan fingerprint density at radius 1 is 1.38 bits per heavy atom. The lowest BCUT2D eigenvalue weighted by atomic mass is 9.76. The smallest absolute Gasteiger partial charge is 0.230 e. The Kier molecular flexibility index (Phi) is 4.10. The van der Waals surface area contributed by atoms with Gasteiger partial charge in [-0.15, -0.1) is 0 Å². The Morgan fingerprint density at radius 2 is 2.24 bits per heavy atom. The number of hydrogen-bond acceptors (Lipinski definition) is 5. The van der Waals surface area contributed by atoms with Crippen LogP contribution in [0.5, 0.6) is 0 Å². The predicted octanol–water partition coefficient (Wildman–Crippen LogP) is 1.92. The van der Waals surface area contributed by atoms with E-state index in [1.165, 1.54) is 6.26 Å². The van der Waals surface area contributed by atoms with E-state index in [9.17, 15) is 9.59 Å². The molecule has 29 heavy (non-hydrogen) atoms. The number of aryl methyl sites for hydroxylation is 1. The molecule has 5 rings (SSSR count). The number of carbonyl (C=O) groups excluding carboxylic acids is 2. The largest absolute Gasteiger partial charge is 0.364 e. The zero-order chi connectivity index (χ0) is 20.2. The molecule has 0 radical (unpaired) electrons. The summed E-state index contributed by atoms with van der Waals surface area (Å²) in [5.41, 5.74) is 2.22. The van der Waals surface area contributed by atoms with Crippen LogP contribution in [0.3, 0.4) is 0 Å². The lowest BCUT2D eigenvalue weighted by molar-refractivity contribution is -0.143. The lowest BCUT2D eigenvalue weighted by Crippen LogP contribution is -2.44. The molecule has 4 heterocycles. The number of amides is 2. The SMILES string of the molecule is Cc1cccc(CN2CC34C=CC(O3)C(C(=O)N(C)Cc3ccon3)C4C2=O)c1. The van der Waals surface area contributed by atoms with Gasteiger partial charge >= 0.3 is 0 Å². The average Bonchev–Trinajstić information content (AvgIpc) is 3.45. The first-order valence-corrected chi connectivity index (χ1v) is 9.83. The minimum atomic E-state index is -0.694. The molecule has 2 saturated heterocycles. The van der Waals surface area contributed by atoms with Crippen LogP contribution in [-0.4, -0.2) is 52.1 Å². The summed E-state index contributed by atoms with van der Waals surface area (Å²) in [5.74, 6) is -1.09. The fourth-order valence-electron chi connectivity index (χ4n) is 4.92. The minimum Gasteiger partial charge on any atom is -0.364 e. The number of nitrogens with zero attached hydrogens (tertiary/aromatic N) is 3. The molecule has 7 nitrogen and oxygen atoms in total. The number of hydrogen-bond donors (Lipinski definition) is 0. The summed E-state index contributed by atoms with van der Waals surface area (Å²) in [4.78, 5) is 30.0. The minimum absolute atomic E-state index is 0.00783. The summed E-state index contributed by atoms with van der Waals surface area (Å²) >= 11 is 0. The molecule has 150 valence electrons. The summed E-state index contributed by atoms with van der Waals surface area (Å²) in [5, 5.41) is 3.87. The number of likely N-dealkylation sites (tertiary alicyclic amines) is 1. The molecule has 0 aliphatic carbocycles. The molecule has 0 N–H and O–H groups in total. The van der Waals surface area contributed by atoms with Crippen molar-refractivity contribution < 1.29 is 18.8 Å². The first-order chi connectivity index (χ1) is 14.0. The number of benzene rings is 1. The molecule has 2 amide bonds. The molecule has 1 aromatic carbocycles. The van der Waals surface area contributed by atoms with Crippen molar-refractivity contribution in [2.75, 3.05) is 13.6 Å². The summed E-state index contributed by atoms with van der Waals surface area (Å²) in [6.45, 7) is 3.38. The maximum absolute atomic E-state index is 13.3. The Morgan fingerprint density at radius 3 is 3.00 bits per heavy atom. The van der Waals surface area contributed by atoms with Crippen LogP contribution in [-0.2, 0) is 27.4 Å². The number of ether oxygens (including phenoxy) is 1. The summed E-state index contributed by atoms with van der Waals surface area (Å²) in [6, 6.07) is 9.87. The average molecular weight is 393 g/mol. The van der Waals surface area contributed by atoms with Gasteiger partial charge in [-0.3, -0.25) is 9.59 Å². The molecule has 3 aliphatic heterocycles. The van der Waals surface area contributed by atoms with Gasteiger partial charge in [-0.2, -0.15) is 0 Å². The first kappa shape index (κ1) is 18.1. The normalized spacial score (nSPS) is 29.5. The van der Waals surface area contributed by atoms with Crippen molar-refractivity contribution in [2.24, 2.45) is 11.8 Å². The third-order valence-electron chi connectivity index (χ3n) is 6.19. The van der Waals surface area contributed by atoms with E-state index in [1.807, 2.05) is 42.2 Å². The molecule has 1 spiro atoms. The van der Waals surface area contributed by atoms with Crippen LogP contribution in [0.2, 0.25) is 0 Å². The van der Waals surface area contributed by atoms with Gasteiger partial charge in [0.2, 0.25) is 11.8 Å². The fraction of sp³-hybridized carbons (Fsp3) is 0.409. The van der Waals surface area contributed by atoms with Gasteiger partial charge in [-0.1, -0.05) is 47.1 Å². The van der Waals surface area contributed by atoms with E-state index in [-0.39, 0.29) is 17.9 Å². The third kappa shape index (κ3) is 2.88. The van der Waals surface area contributed by atoms with Crippen LogP contribution in [0.4, 0.5) is 0 Å². The number of rotatable bonds is 5. The second kappa shape index (κ2) is 6.56. The Hall–Kier alpha value is -2.93. The van der Waals surface area contributed by atoms with Gasteiger partial charge in [0, 0.05) is 19.7 Å². The van der Waals surface area contributed by atoms with E-state index in [1.54, 1.807) is 18.0 Å². The molecule has 4 unspecified atom stereocenters. The van der Waals surface area contributed by atoms with Crippen LogP contribution in [0.1, 0.15) is 16.8 Å². The monoisotopic (exact) mass is 393 g/mol. The summed E-state index contributed by atoms with van der Waals surface area (Å²) in [7, 11) is 1.73. The highest BCUT2D eigenvalue weighted by Crippen LogP contribution is 2.52. The second-order valence-electron chi connectivity index (χ2n) is 8.27. The maximum Gasteiger partial charge on any atom is 0.230 e. The van der Waals surface area contributed by atoms with Crippen molar-refractivity contribution in [1.82, 2.24) is 15.0 Å². The van der Waals surface area contributed by atoms with Crippen molar-refractivity contribution in [1.29, 1.82) is 0 Å². The van der Waals surface area contributed by atoms with Gasteiger partial charge in [0.05, 0.1) is 31.0 Å². The topological polar surface area (TPSA) is 75.9 Å². The molecule has 0 saturated carbocycles. The standard InChI is InChI=1S/C22H23N3O4/c1-14-4-3-5-15(10-14)11-25-13-22-8-6-17(29-22)18(19(22)21(25)27)20(26)24(2)12-16-7-9-28-23-16/h3-10,17-19H,11-13H2,1-2H3. The fourth-order valence-corrected chi connectivity index (χ4v) is 4.92. The van der Waals surface area contributed by atoms with Gasteiger partial charge in [-0.05, 0) is 12.5 Å². The van der Waals surface area contributed by atoms with E-state index >= 15 is 0 Å². The highest BCUT2D eigenvalue weighted by atomic mass is 16.5. The maximum atomic E-state index is 13.3. The van der Waals surface area contributed by atoms with Crippen molar-refractivity contribution in [3.8, 4) is 0 Å². The van der Waals surface area contributed by atoms with Gasteiger partial charge in [0.25, 0.3) is 0 Å². The predicted molar refractivity (Wildman–Crippen MR) is 103 cm³/mol. The first-order valence-electron chi connectivity index (χ1n) is 9.83. The van der Waals surface area contributed by atoms with E-state index in [0.29, 0.717) is 25.3 Å². The van der Waals surface area contributed by atoms with Gasteiger partial charge < -0.3 is 19.1 Å². The van der Waals surface area contributed by atoms with E-state index in [4.69, 9.17) is 9.26 Å². The van der Waals surface area contributed by atoms with Crippen molar-refractivity contribution in [2.45, 2.75) is 31.7 Å². The molecular weight excluding hydrogens is 370 g/mol. The highest BCUT2D eigenvalue weighted by Gasteiger charge is 2.67. The quantitative estimate of drug-likeness (QED) is 0.726. The van der Waals surface area contributed by atoms with Gasteiger partial charge in [0.15, 0.2) is 0 Å². The molecule has 2 aromatic rings. The van der Waals surface area contributed by atoms with Crippen LogP contribution >= 0.6 is 0 Å². The molecule has 2 bridgehead atoms. The van der Waals surface area contributed by atoms with Gasteiger partial charge in [0.1, 0.15) is 17.6 Å². The van der Waals surface area contributed by atoms with Crippen molar-refractivity contribution in [3.63, 3.8) is 0 Å². The zero-order valence-corrected chi connectivity index (χ0v) is 16.4. The molecular formula is C22H23N3O4. The Labute approximate surface area is 168 Å². The molecule has 1 aromatic heterocycles. The molecule has 2 fully saturated rings. The van der Waals surface area contributed by atoms with Crippen LogP contribution in [0.25, 0.3) is 0 Å². The highest BCUT2D eigenvalue weighted by molar-refractivity contribution is 5.93. The molecule has 3 aliphatic rings. The second-order valence-corrected chi connectivity index (χ2v) is 8.27. The van der Waals surface area contributed by atoms with E-state index < -0.39 is 17.4 Å². The summed E-state index contributed by atoms with van der Waals surface area (Å²) < 4.78 is 11.1. The summed E-state index contributed by atoms with van der Waals surface area (Å²) in [6.07, 6.45) is 5.05. The van der Waals surface area contributed by atoms with Crippen molar-refractivity contribution in [3.05, 3.63) is 65.6 Å². The third-order valence-corrected chi connectivity index (χ3v) is 6.19. The zero-order valence-electron chi connectivity index (χ0n) is 16.4. The van der Waals surface area contributed by atoms with Crippen LogP contribution in [0.15, 0.2) is 53.3 Å². The van der Waals surface area contributed by atoms with Gasteiger partial charge in [-0.25, -0.2) is 0 Å². The molecule has 7 heteroatoms. The number of carbonyl (C=O) groups is 2.